The molecule has 1 aromatic carbocycles. The zero-order chi connectivity index (χ0) is 17.1. The number of hydrogen-bond donors (Lipinski definition) is 2. The number of aryl methyl sites for hydroxylation is 1. The van der Waals surface area contributed by atoms with E-state index in [1.165, 1.54) is 4.68 Å². The summed E-state index contributed by atoms with van der Waals surface area (Å²) in [6, 6.07) is 8.73. The molecule has 0 fully saturated rings. The van der Waals surface area contributed by atoms with Crippen molar-refractivity contribution < 1.29 is 14.1 Å². The SMILES string of the molecule is COc1cccc(NC(=O)c2nnn(Cc3cc(C)on3)c2N)c1. The van der Waals surface area contributed by atoms with Crippen molar-refractivity contribution in [2.45, 2.75) is 13.5 Å². The summed E-state index contributed by atoms with van der Waals surface area (Å²) < 4.78 is 11.5. The Labute approximate surface area is 137 Å². The number of carbonyl (C=O) groups is 1. The van der Waals surface area contributed by atoms with E-state index in [0.29, 0.717) is 22.9 Å². The van der Waals surface area contributed by atoms with E-state index in [9.17, 15) is 4.79 Å². The number of amides is 1. The van der Waals surface area contributed by atoms with Crippen molar-refractivity contribution in [1.82, 2.24) is 20.2 Å². The molecule has 0 saturated heterocycles. The fourth-order valence-electron chi connectivity index (χ4n) is 2.14. The second-order valence-corrected chi connectivity index (χ2v) is 5.10. The van der Waals surface area contributed by atoms with Crippen molar-refractivity contribution >= 4 is 17.4 Å². The van der Waals surface area contributed by atoms with E-state index in [1.54, 1.807) is 44.4 Å². The van der Waals surface area contributed by atoms with E-state index in [1.807, 2.05) is 0 Å². The van der Waals surface area contributed by atoms with Crippen LogP contribution < -0.4 is 15.8 Å². The van der Waals surface area contributed by atoms with Gasteiger partial charge in [0, 0.05) is 17.8 Å². The number of anilines is 2. The van der Waals surface area contributed by atoms with E-state index in [4.69, 9.17) is 15.0 Å². The van der Waals surface area contributed by atoms with Crippen molar-refractivity contribution in [3.63, 3.8) is 0 Å². The Morgan fingerprint density at radius 1 is 1.42 bits per heavy atom. The van der Waals surface area contributed by atoms with Crippen LogP contribution in [0.15, 0.2) is 34.9 Å². The number of carbonyl (C=O) groups excluding carboxylic acids is 1. The van der Waals surface area contributed by atoms with Gasteiger partial charge in [0.05, 0.1) is 13.7 Å². The van der Waals surface area contributed by atoms with Crippen molar-refractivity contribution in [2.24, 2.45) is 0 Å². The molecule has 0 saturated carbocycles. The molecule has 0 aliphatic rings. The van der Waals surface area contributed by atoms with Gasteiger partial charge in [0.25, 0.3) is 5.91 Å². The van der Waals surface area contributed by atoms with Crippen LogP contribution in [0, 0.1) is 6.92 Å². The third kappa shape index (κ3) is 3.19. The number of nitrogens with one attached hydrogen (secondary N) is 1. The molecular formula is C15H16N6O3. The lowest BCUT2D eigenvalue weighted by molar-refractivity contribution is 0.102. The summed E-state index contributed by atoms with van der Waals surface area (Å²) in [7, 11) is 1.55. The lowest BCUT2D eigenvalue weighted by atomic mass is 10.3. The molecule has 0 aliphatic heterocycles. The van der Waals surface area contributed by atoms with E-state index < -0.39 is 5.91 Å². The van der Waals surface area contributed by atoms with Crippen molar-refractivity contribution in [2.75, 3.05) is 18.2 Å². The van der Waals surface area contributed by atoms with Crippen molar-refractivity contribution in [1.29, 1.82) is 0 Å². The topological polar surface area (TPSA) is 121 Å². The molecule has 0 aliphatic carbocycles. The molecule has 2 heterocycles. The van der Waals surface area contributed by atoms with Crippen LogP contribution in [0.2, 0.25) is 0 Å². The predicted molar refractivity (Wildman–Crippen MR) is 85.7 cm³/mol. The quantitative estimate of drug-likeness (QED) is 0.727. The molecule has 0 spiro atoms. The molecule has 24 heavy (non-hydrogen) atoms. The Hall–Kier alpha value is -3.36. The Balaban J connectivity index is 1.75. The molecule has 3 N–H and O–H groups in total. The lowest BCUT2D eigenvalue weighted by Gasteiger charge is -2.06. The fraction of sp³-hybridized carbons (Fsp3) is 0.200. The fourth-order valence-corrected chi connectivity index (χ4v) is 2.14. The first-order valence-corrected chi connectivity index (χ1v) is 7.13. The molecule has 2 aromatic heterocycles. The van der Waals surface area contributed by atoms with E-state index in [2.05, 4.69) is 20.8 Å². The van der Waals surface area contributed by atoms with Gasteiger partial charge in [0.2, 0.25) is 0 Å². The molecular weight excluding hydrogens is 312 g/mol. The van der Waals surface area contributed by atoms with Gasteiger partial charge in [0.15, 0.2) is 11.5 Å². The molecule has 9 heteroatoms. The highest BCUT2D eigenvalue weighted by Crippen LogP contribution is 2.18. The Kier molecular flexibility index (Phi) is 4.15. The van der Waals surface area contributed by atoms with Crippen LogP contribution in [0.3, 0.4) is 0 Å². The molecule has 0 bridgehead atoms. The molecule has 0 radical (unpaired) electrons. The van der Waals surface area contributed by atoms with Gasteiger partial charge in [0.1, 0.15) is 17.2 Å². The number of hydrogen-bond acceptors (Lipinski definition) is 7. The van der Waals surface area contributed by atoms with E-state index >= 15 is 0 Å². The number of nitrogens with zero attached hydrogens (tertiary/aromatic N) is 4. The van der Waals surface area contributed by atoms with Gasteiger partial charge in [-0.05, 0) is 19.1 Å². The molecule has 1 amide bonds. The zero-order valence-corrected chi connectivity index (χ0v) is 13.2. The van der Waals surface area contributed by atoms with Crippen LogP contribution in [-0.4, -0.2) is 33.2 Å². The molecule has 124 valence electrons. The maximum atomic E-state index is 12.3. The lowest BCUT2D eigenvalue weighted by Crippen LogP contribution is -2.15. The second kappa shape index (κ2) is 6.41. The number of rotatable bonds is 5. The summed E-state index contributed by atoms with van der Waals surface area (Å²) in [5, 5.41) is 14.3. The minimum Gasteiger partial charge on any atom is -0.497 e. The van der Waals surface area contributed by atoms with Crippen LogP contribution in [0.4, 0.5) is 11.5 Å². The van der Waals surface area contributed by atoms with Crippen LogP contribution in [-0.2, 0) is 6.54 Å². The Bertz CT molecular complexity index is 870. The zero-order valence-electron chi connectivity index (χ0n) is 13.2. The normalized spacial score (nSPS) is 10.6. The van der Waals surface area contributed by atoms with Crippen LogP contribution in [0.1, 0.15) is 21.9 Å². The van der Waals surface area contributed by atoms with Crippen molar-refractivity contribution in [3.8, 4) is 5.75 Å². The third-order valence-corrected chi connectivity index (χ3v) is 3.30. The van der Waals surface area contributed by atoms with Gasteiger partial charge in [-0.1, -0.05) is 16.4 Å². The Morgan fingerprint density at radius 2 is 2.25 bits per heavy atom. The first kappa shape index (κ1) is 15.5. The number of ether oxygens (including phenoxy) is 1. The number of benzene rings is 1. The maximum Gasteiger partial charge on any atom is 0.280 e. The molecule has 0 atom stereocenters. The maximum absolute atomic E-state index is 12.3. The van der Waals surface area contributed by atoms with Gasteiger partial charge in [-0.25, -0.2) is 4.68 Å². The highest BCUT2D eigenvalue weighted by Gasteiger charge is 2.18. The van der Waals surface area contributed by atoms with Crippen LogP contribution >= 0.6 is 0 Å². The second-order valence-electron chi connectivity index (χ2n) is 5.10. The Morgan fingerprint density at radius 3 is 2.96 bits per heavy atom. The predicted octanol–water partition coefficient (Wildman–Crippen LogP) is 1.47. The number of methoxy groups -OCH3 is 1. The summed E-state index contributed by atoms with van der Waals surface area (Å²) in [4.78, 5) is 12.3. The average molecular weight is 328 g/mol. The van der Waals surface area contributed by atoms with Gasteiger partial charge in [-0.15, -0.1) is 5.10 Å². The first-order chi connectivity index (χ1) is 11.6. The minimum atomic E-state index is -0.455. The number of nitrogens with two attached hydrogens (primary N) is 1. The molecule has 3 aromatic rings. The third-order valence-electron chi connectivity index (χ3n) is 3.30. The highest BCUT2D eigenvalue weighted by molar-refractivity contribution is 6.05. The van der Waals surface area contributed by atoms with E-state index in [0.717, 1.165) is 0 Å². The van der Waals surface area contributed by atoms with Gasteiger partial charge in [-0.3, -0.25) is 4.79 Å². The summed E-state index contributed by atoms with van der Waals surface area (Å²) in [5.41, 5.74) is 7.21. The standard InChI is InChI=1S/C15H16N6O3/c1-9-6-11(19-24-9)8-21-14(16)13(18-20-21)15(22)17-10-4-3-5-12(7-10)23-2/h3-7H,8,16H2,1-2H3,(H,17,22). The largest absolute Gasteiger partial charge is 0.497 e. The van der Waals surface area contributed by atoms with Crippen molar-refractivity contribution in [3.05, 3.63) is 47.5 Å². The molecule has 3 rings (SSSR count). The molecule has 0 unspecified atom stereocenters. The van der Waals surface area contributed by atoms with Crippen LogP contribution in [0.25, 0.3) is 0 Å². The van der Waals surface area contributed by atoms with Gasteiger partial charge < -0.3 is 20.3 Å². The summed E-state index contributed by atoms with van der Waals surface area (Å²) in [6.07, 6.45) is 0. The van der Waals surface area contributed by atoms with Crippen LogP contribution in [0.5, 0.6) is 5.75 Å². The summed E-state index contributed by atoms with van der Waals surface area (Å²) in [5.74, 6) is 1.00. The average Bonchev–Trinajstić information content (AvgIpc) is 3.14. The van der Waals surface area contributed by atoms with Gasteiger partial charge >= 0.3 is 0 Å². The monoisotopic (exact) mass is 328 g/mol. The summed E-state index contributed by atoms with van der Waals surface area (Å²) in [6.45, 7) is 2.05. The molecule has 9 nitrogen and oxygen atoms in total. The smallest absolute Gasteiger partial charge is 0.280 e. The van der Waals surface area contributed by atoms with Gasteiger partial charge in [-0.2, -0.15) is 0 Å². The van der Waals surface area contributed by atoms with E-state index in [-0.39, 0.29) is 18.1 Å². The summed E-state index contributed by atoms with van der Waals surface area (Å²) >= 11 is 0. The number of nitrogen functional groups attached to an aromatic ring is 1. The first-order valence-electron chi connectivity index (χ1n) is 7.13. The highest BCUT2D eigenvalue weighted by atomic mass is 16.5. The number of aromatic nitrogens is 4. The minimum absolute atomic E-state index is 0.0398.